The average molecular weight is 419 g/mol. The van der Waals surface area contributed by atoms with Crippen molar-refractivity contribution in [2.75, 3.05) is 32.7 Å². The summed E-state index contributed by atoms with van der Waals surface area (Å²) in [6, 6.07) is 12.4. The first-order valence-electron chi connectivity index (χ1n) is 9.73. The van der Waals surface area contributed by atoms with E-state index in [-0.39, 0.29) is 18.4 Å². The van der Waals surface area contributed by atoms with Crippen molar-refractivity contribution in [1.82, 2.24) is 15.1 Å². The number of nitrogens with zero attached hydrogens (tertiary/aromatic N) is 2. The van der Waals surface area contributed by atoms with Crippen molar-refractivity contribution in [2.24, 2.45) is 0 Å². The van der Waals surface area contributed by atoms with E-state index in [1.165, 1.54) is 12.1 Å². The van der Waals surface area contributed by atoms with E-state index in [0.717, 1.165) is 11.6 Å². The molecule has 2 aromatic rings. The second-order valence-corrected chi connectivity index (χ2v) is 7.41. The Kier molecular flexibility index (Phi) is 6.77. The molecule has 3 rings (SSSR count). The van der Waals surface area contributed by atoms with Gasteiger partial charge < -0.3 is 10.2 Å². The van der Waals surface area contributed by atoms with Gasteiger partial charge >= 0.3 is 6.18 Å². The fourth-order valence-electron chi connectivity index (χ4n) is 3.42. The third-order valence-electron chi connectivity index (χ3n) is 5.07. The lowest BCUT2D eigenvalue weighted by Crippen LogP contribution is -2.50. The standard InChI is InChI=1S/C22H24F3N3O2/c1-16-4-2-6-18(12-16)21(30)26-14-20(29)28-10-8-27(9-11-28)15-17-5-3-7-19(13-17)22(23,24)25/h2-7,12-13H,8-11,14-15H2,1H3,(H,26,30). The summed E-state index contributed by atoms with van der Waals surface area (Å²) in [7, 11) is 0. The quantitative estimate of drug-likeness (QED) is 0.811. The first-order valence-corrected chi connectivity index (χ1v) is 9.73. The van der Waals surface area contributed by atoms with Gasteiger partial charge in [-0.3, -0.25) is 14.5 Å². The molecule has 0 radical (unpaired) electrons. The maximum absolute atomic E-state index is 12.9. The smallest absolute Gasteiger partial charge is 0.343 e. The SMILES string of the molecule is Cc1cccc(C(=O)NCC(=O)N2CCN(Cc3cccc(C(F)(F)F)c3)CC2)c1. The largest absolute Gasteiger partial charge is 0.416 e. The lowest BCUT2D eigenvalue weighted by molar-refractivity contribution is -0.137. The van der Waals surface area contributed by atoms with Crippen LogP contribution in [0.2, 0.25) is 0 Å². The molecule has 1 saturated heterocycles. The molecule has 0 aliphatic carbocycles. The first kappa shape index (κ1) is 21.8. The van der Waals surface area contributed by atoms with Gasteiger partial charge in [-0.15, -0.1) is 0 Å². The number of amides is 2. The Balaban J connectivity index is 1.46. The van der Waals surface area contributed by atoms with Crippen LogP contribution in [0.4, 0.5) is 13.2 Å². The van der Waals surface area contributed by atoms with Crippen LogP contribution in [-0.2, 0) is 17.5 Å². The van der Waals surface area contributed by atoms with E-state index in [2.05, 4.69) is 5.32 Å². The van der Waals surface area contributed by atoms with Gasteiger partial charge in [0.25, 0.3) is 5.91 Å². The van der Waals surface area contributed by atoms with Crippen LogP contribution in [0.15, 0.2) is 48.5 Å². The number of carbonyl (C=O) groups excluding carboxylic acids is 2. The predicted octanol–water partition coefficient (Wildman–Crippen LogP) is 3.09. The van der Waals surface area contributed by atoms with Crippen LogP contribution in [0.5, 0.6) is 0 Å². The molecule has 160 valence electrons. The summed E-state index contributed by atoms with van der Waals surface area (Å²) >= 11 is 0. The maximum atomic E-state index is 12.9. The molecule has 0 bridgehead atoms. The van der Waals surface area contributed by atoms with Gasteiger partial charge in [0.05, 0.1) is 12.1 Å². The van der Waals surface area contributed by atoms with E-state index in [0.29, 0.717) is 43.9 Å². The summed E-state index contributed by atoms with van der Waals surface area (Å²) in [6.07, 6.45) is -4.36. The zero-order chi connectivity index (χ0) is 21.7. The molecule has 2 aromatic carbocycles. The Morgan fingerprint density at radius 3 is 2.37 bits per heavy atom. The summed E-state index contributed by atoms with van der Waals surface area (Å²) in [5, 5.41) is 2.64. The van der Waals surface area contributed by atoms with Gasteiger partial charge in [-0.1, -0.05) is 35.9 Å². The third kappa shape index (κ3) is 5.82. The highest BCUT2D eigenvalue weighted by molar-refractivity contribution is 5.96. The summed E-state index contributed by atoms with van der Waals surface area (Å²) < 4.78 is 38.6. The highest BCUT2D eigenvalue weighted by atomic mass is 19.4. The van der Waals surface area contributed by atoms with Crippen molar-refractivity contribution in [3.05, 3.63) is 70.8 Å². The Hall–Kier alpha value is -2.87. The Labute approximate surface area is 173 Å². The van der Waals surface area contributed by atoms with Gasteiger partial charge in [0, 0.05) is 38.3 Å². The number of piperazine rings is 1. The van der Waals surface area contributed by atoms with Crippen LogP contribution in [0.3, 0.4) is 0 Å². The summed E-state index contributed by atoms with van der Waals surface area (Å²) in [6.45, 7) is 4.27. The van der Waals surface area contributed by atoms with Crippen molar-refractivity contribution in [3.8, 4) is 0 Å². The van der Waals surface area contributed by atoms with E-state index in [1.807, 2.05) is 17.9 Å². The molecule has 0 spiro atoms. The van der Waals surface area contributed by atoms with E-state index in [4.69, 9.17) is 0 Å². The maximum Gasteiger partial charge on any atom is 0.416 e. The van der Waals surface area contributed by atoms with Crippen molar-refractivity contribution in [3.63, 3.8) is 0 Å². The Morgan fingerprint density at radius 1 is 1.00 bits per heavy atom. The normalized spacial score (nSPS) is 15.1. The minimum Gasteiger partial charge on any atom is -0.343 e. The molecule has 2 amide bonds. The monoisotopic (exact) mass is 419 g/mol. The number of rotatable bonds is 5. The van der Waals surface area contributed by atoms with Crippen LogP contribution >= 0.6 is 0 Å². The van der Waals surface area contributed by atoms with E-state index in [9.17, 15) is 22.8 Å². The molecule has 1 aliphatic rings. The molecule has 1 fully saturated rings. The van der Waals surface area contributed by atoms with Crippen LogP contribution in [0, 0.1) is 6.92 Å². The molecule has 30 heavy (non-hydrogen) atoms. The zero-order valence-electron chi connectivity index (χ0n) is 16.7. The van der Waals surface area contributed by atoms with E-state index in [1.54, 1.807) is 29.2 Å². The predicted molar refractivity (Wildman–Crippen MR) is 107 cm³/mol. The number of nitrogens with one attached hydrogen (secondary N) is 1. The van der Waals surface area contributed by atoms with Crippen molar-refractivity contribution in [1.29, 1.82) is 0 Å². The van der Waals surface area contributed by atoms with Crippen LogP contribution < -0.4 is 5.32 Å². The molecule has 0 unspecified atom stereocenters. The molecule has 1 aliphatic heterocycles. The fraction of sp³-hybridized carbons (Fsp3) is 0.364. The van der Waals surface area contributed by atoms with Gasteiger partial charge in [0.2, 0.25) is 5.91 Å². The average Bonchev–Trinajstić information content (AvgIpc) is 2.72. The van der Waals surface area contributed by atoms with E-state index < -0.39 is 11.7 Å². The second-order valence-electron chi connectivity index (χ2n) is 7.41. The van der Waals surface area contributed by atoms with Crippen molar-refractivity contribution in [2.45, 2.75) is 19.6 Å². The van der Waals surface area contributed by atoms with E-state index >= 15 is 0 Å². The lowest BCUT2D eigenvalue weighted by atomic mass is 10.1. The molecular weight excluding hydrogens is 395 g/mol. The number of carbonyl (C=O) groups is 2. The summed E-state index contributed by atoms with van der Waals surface area (Å²) in [5.41, 5.74) is 1.41. The summed E-state index contributed by atoms with van der Waals surface area (Å²) in [5.74, 6) is -0.468. The fourth-order valence-corrected chi connectivity index (χ4v) is 3.42. The second kappa shape index (κ2) is 9.30. The van der Waals surface area contributed by atoms with Gasteiger partial charge in [0.15, 0.2) is 0 Å². The molecule has 1 N–H and O–H groups in total. The minimum atomic E-state index is -4.36. The molecule has 1 heterocycles. The van der Waals surface area contributed by atoms with Gasteiger partial charge in [-0.05, 0) is 30.7 Å². The molecule has 0 aromatic heterocycles. The van der Waals surface area contributed by atoms with Crippen molar-refractivity contribution >= 4 is 11.8 Å². The summed E-state index contributed by atoms with van der Waals surface area (Å²) in [4.78, 5) is 28.2. The zero-order valence-corrected chi connectivity index (χ0v) is 16.7. The molecule has 8 heteroatoms. The number of alkyl halides is 3. The van der Waals surface area contributed by atoms with Crippen LogP contribution in [0.25, 0.3) is 0 Å². The van der Waals surface area contributed by atoms with Crippen LogP contribution in [-0.4, -0.2) is 54.3 Å². The topological polar surface area (TPSA) is 52.7 Å². The first-order chi connectivity index (χ1) is 14.2. The Morgan fingerprint density at radius 2 is 1.70 bits per heavy atom. The van der Waals surface area contributed by atoms with Crippen LogP contribution in [0.1, 0.15) is 27.0 Å². The number of halogens is 3. The number of hydrogen-bond donors (Lipinski definition) is 1. The van der Waals surface area contributed by atoms with Gasteiger partial charge in [0.1, 0.15) is 0 Å². The molecular formula is C22H24F3N3O2. The number of benzene rings is 2. The molecule has 0 saturated carbocycles. The third-order valence-corrected chi connectivity index (χ3v) is 5.07. The highest BCUT2D eigenvalue weighted by Gasteiger charge is 2.30. The lowest BCUT2D eigenvalue weighted by Gasteiger charge is -2.34. The highest BCUT2D eigenvalue weighted by Crippen LogP contribution is 2.29. The van der Waals surface area contributed by atoms with Gasteiger partial charge in [-0.2, -0.15) is 13.2 Å². The molecule has 0 atom stereocenters. The number of aryl methyl sites for hydroxylation is 1. The minimum absolute atomic E-state index is 0.0829. The number of hydrogen-bond acceptors (Lipinski definition) is 3. The molecule has 5 nitrogen and oxygen atoms in total. The Bertz CT molecular complexity index is 906. The van der Waals surface area contributed by atoms with Gasteiger partial charge in [-0.25, -0.2) is 0 Å². The van der Waals surface area contributed by atoms with Crippen molar-refractivity contribution < 1.29 is 22.8 Å².